The summed E-state index contributed by atoms with van der Waals surface area (Å²) < 4.78 is 31.2. The second-order valence-corrected chi connectivity index (χ2v) is 15.6. The van der Waals surface area contributed by atoms with Gasteiger partial charge in [0.1, 0.15) is 29.7 Å². The van der Waals surface area contributed by atoms with Gasteiger partial charge in [0.2, 0.25) is 5.79 Å². The summed E-state index contributed by atoms with van der Waals surface area (Å²) in [7, 11) is 0. The number of hydrogen-bond acceptors (Lipinski definition) is 12. The van der Waals surface area contributed by atoms with Crippen LogP contribution in [0.15, 0.2) is 47.7 Å². The normalized spacial score (nSPS) is 24.6. The van der Waals surface area contributed by atoms with Gasteiger partial charge in [-0.15, -0.1) is 18.2 Å². The van der Waals surface area contributed by atoms with Crippen molar-refractivity contribution >= 4 is 29.5 Å². The van der Waals surface area contributed by atoms with Gasteiger partial charge in [-0.25, -0.2) is 9.59 Å². The van der Waals surface area contributed by atoms with Crippen LogP contribution in [-0.4, -0.2) is 121 Å². The van der Waals surface area contributed by atoms with Crippen molar-refractivity contribution in [2.45, 2.75) is 96.0 Å². The van der Waals surface area contributed by atoms with E-state index < -0.39 is 35.5 Å². The molecule has 2 aliphatic carbocycles. The molecule has 3 aliphatic rings. The number of ether oxygens (including phenoxy) is 5. The van der Waals surface area contributed by atoms with Crippen LogP contribution in [0.1, 0.15) is 84.1 Å². The van der Waals surface area contributed by atoms with Gasteiger partial charge in [-0.3, -0.25) is 4.90 Å². The molecule has 4 N–H and O–H groups in total. The molecular formula is C41H62ClN3O11. The molecule has 1 saturated carbocycles. The van der Waals surface area contributed by atoms with E-state index in [1.165, 1.54) is 0 Å². The molecule has 6 atom stereocenters. The maximum Gasteiger partial charge on any atom is 0.412 e. The Bertz CT molecular complexity index is 1500. The summed E-state index contributed by atoms with van der Waals surface area (Å²) in [6.45, 7) is 12.1. The summed E-state index contributed by atoms with van der Waals surface area (Å²) in [5.74, 6) is -1.52. The van der Waals surface area contributed by atoms with Crippen LogP contribution in [0, 0.1) is 17.8 Å². The fourth-order valence-corrected chi connectivity index (χ4v) is 8.18. The number of nitrogens with zero attached hydrogens (tertiary/aromatic N) is 2. The lowest BCUT2D eigenvalue weighted by Crippen LogP contribution is -2.70. The van der Waals surface area contributed by atoms with E-state index in [0.717, 1.165) is 36.8 Å². The highest BCUT2D eigenvalue weighted by atomic mass is 35.5. The molecule has 0 spiro atoms. The highest BCUT2D eigenvalue weighted by Gasteiger charge is 2.65. The van der Waals surface area contributed by atoms with E-state index in [0.29, 0.717) is 36.6 Å². The van der Waals surface area contributed by atoms with Gasteiger partial charge >= 0.3 is 12.2 Å². The number of aliphatic hydroxyl groups excluding tert-OH is 3. The lowest BCUT2D eigenvalue weighted by molar-refractivity contribution is -0.256. The molecule has 14 nitrogen and oxygen atoms in total. The Balaban J connectivity index is 2.05. The van der Waals surface area contributed by atoms with Crippen LogP contribution in [-0.2, 0) is 19.0 Å². The molecule has 1 aromatic rings. The fourth-order valence-electron chi connectivity index (χ4n) is 8.10. The molecule has 1 fully saturated rings. The van der Waals surface area contributed by atoms with Crippen molar-refractivity contribution in [3.05, 3.63) is 48.1 Å². The van der Waals surface area contributed by atoms with Gasteiger partial charge in [-0.05, 0) is 89.0 Å². The molecule has 0 saturated heterocycles. The van der Waals surface area contributed by atoms with E-state index in [2.05, 4.69) is 18.0 Å². The number of benzene rings is 1. The van der Waals surface area contributed by atoms with E-state index in [1.54, 1.807) is 23.1 Å². The Kier molecular flexibility index (Phi) is 17.7. The number of fused-ring (bicyclic) bond motifs is 2. The first-order chi connectivity index (χ1) is 27.0. The second kappa shape index (κ2) is 21.9. The molecule has 314 valence electrons. The highest BCUT2D eigenvalue weighted by Crippen LogP contribution is 2.62. The van der Waals surface area contributed by atoms with Crippen LogP contribution >= 0.6 is 11.6 Å². The number of nitrogens with one attached hydrogen (secondary N) is 1. The lowest BCUT2D eigenvalue weighted by Gasteiger charge is -2.59. The number of allylic oxidation sites excluding steroid dienone is 1. The Morgan fingerprint density at radius 3 is 2.50 bits per heavy atom. The van der Waals surface area contributed by atoms with Crippen molar-refractivity contribution in [1.82, 2.24) is 10.2 Å². The van der Waals surface area contributed by atoms with E-state index in [-0.39, 0.29) is 82.8 Å². The maximum absolute atomic E-state index is 14.1. The molecule has 1 aliphatic heterocycles. The molecule has 6 unspecified atom stereocenters. The van der Waals surface area contributed by atoms with Gasteiger partial charge in [0.15, 0.2) is 0 Å². The molecule has 0 aromatic heterocycles. The largest absolute Gasteiger partial charge is 0.459 e. The zero-order valence-corrected chi connectivity index (χ0v) is 34.1. The number of halogens is 1. The summed E-state index contributed by atoms with van der Waals surface area (Å²) in [5, 5.41) is 36.6. The topological polar surface area (TPSA) is 178 Å². The smallest absolute Gasteiger partial charge is 0.412 e. The molecule has 1 aromatic carbocycles. The maximum atomic E-state index is 14.1. The zero-order valence-electron chi connectivity index (χ0n) is 33.4. The average Bonchev–Trinajstić information content (AvgIpc) is 3.16. The summed E-state index contributed by atoms with van der Waals surface area (Å²) >= 11 is 5.99. The van der Waals surface area contributed by atoms with Crippen molar-refractivity contribution in [3.8, 4) is 11.5 Å². The summed E-state index contributed by atoms with van der Waals surface area (Å²) in [5.41, 5.74) is 1.64. The predicted molar refractivity (Wildman–Crippen MR) is 212 cm³/mol. The molecule has 4 rings (SSSR count). The monoisotopic (exact) mass is 807 g/mol. The van der Waals surface area contributed by atoms with Crippen LogP contribution in [0.2, 0.25) is 0 Å². The van der Waals surface area contributed by atoms with Gasteiger partial charge in [0.05, 0.1) is 43.9 Å². The number of rotatable bonds is 22. The van der Waals surface area contributed by atoms with Gasteiger partial charge in [-0.1, -0.05) is 30.1 Å². The molecule has 56 heavy (non-hydrogen) atoms. The van der Waals surface area contributed by atoms with Crippen LogP contribution < -0.4 is 14.8 Å². The van der Waals surface area contributed by atoms with Gasteiger partial charge < -0.3 is 49.2 Å². The first kappa shape index (κ1) is 45.3. The Morgan fingerprint density at radius 2 is 1.84 bits per heavy atom. The molecule has 0 radical (unpaired) electrons. The second-order valence-electron chi connectivity index (χ2n) is 15.2. The first-order valence-corrected chi connectivity index (χ1v) is 20.4. The number of carbonyl (C=O) groups excluding carboxylic acids is 2. The SMILES string of the molecule is C=CCOC12Oc3ccc(OC(=O)NCC)cc3C3C(CCCCO)C(CCCCO)C=C(C(=NOC(C)(C)C)CC1N(CCOCCO)C(=O)OCCCl)C32. The third-order valence-electron chi connectivity index (χ3n) is 10.2. The minimum Gasteiger partial charge on any atom is -0.459 e. The molecule has 1 heterocycles. The zero-order chi connectivity index (χ0) is 40.7. The number of carbonyl (C=O) groups is 2. The molecule has 15 heteroatoms. The average molecular weight is 808 g/mol. The fraction of sp³-hybridized carbons (Fsp3) is 0.683. The summed E-state index contributed by atoms with van der Waals surface area (Å²) in [6.07, 6.45) is 7.09. The number of amides is 2. The van der Waals surface area contributed by atoms with Crippen molar-refractivity contribution in [2.75, 3.05) is 65.2 Å². The van der Waals surface area contributed by atoms with Crippen LogP contribution in [0.5, 0.6) is 11.5 Å². The molecular weight excluding hydrogens is 746 g/mol. The van der Waals surface area contributed by atoms with E-state index in [4.69, 9.17) is 45.3 Å². The Morgan fingerprint density at radius 1 is 1.09 bits per heavy atom. The van der Waals surface area contributed by atoms with Crippen molar-refractivity contribution < 1.29 is 53.4 Å². The summed E-state index contributed by atoms with van der Waals surface area (Å²) in [4.78, 5) is 34.5. The molecule has 0 bridgehead atoms. The number of oxime groups is 1. The van der Waals surface area contributed by atoms with Gasteiger partial charge in [-0.2, -0.15) is 0 Å². The number of alkyl halides is 1. The van der Waals surface area contributed by atoms with Crippen molar-refractivity contribution in [2.24, 2.45) is 22.9 Å². The van der Waals surface area contributed by atoms with Crippen LogP contribution in [0.3, 0.4) is 0 Å². The quantitative estimate of drug-likeness (QED) is 0.0474. The highest BCUT2D eigenvalue weighted by molar-refractivity contribution is 6.18. The Labute approximate surface area is 336 Å². The minimum absolute atomic E-state index is 0.0144. The van der Waals surface area contributed by atoms with Crippen LogP contribution in [0.4, 0.5) is 9.59 Å². The van der Waals surface area contributed by atoms with Crippen molar-refractivity contribution in [1.29, 1.82) is 0 Å². The van der Waals surface area contributed by atoms with Crippen LogP contribution in [0.25, 0.3) is 0 Å². The standard InChI is InChI=1S/C41H62ClN3O11/c1-6-21-53-41-35(45(17-23-51-24-20-48)39(50)52-22-16-42)27-33(44-56-40(3,4)5)31-25-28(12-8-10-18-46)30(13-9-11-19-47)36(37(31)41)32-26-29(14-15-34(32)55-41)54-38(49)43-7-2/h6,14-15,25-26,28,30,35-37,46-48H,1,7-13,16-24,27H2,2-5H3,(H,43,49). The predicted octanol–water partition coefficient (Wildman–Crippen LogP) is 5.91. The van der Waals surface area contributed by atoms with Crippen molar-refractivity contribution in [3.63, 3.8) is 0 Å². The van der Waals surface area contributed by atoms with E-state index >= 15 is 0 Å². The summed E-state index contributed by atoms with van der Waals surface area (Å²) in [6, 6.07) is 4.44. The first-order valence-electron chi connectivity index (χ1n) is 19.9. The third-order valence-corrected chi connectivity index (χ3v) is 10.4. The Hall–Kier alpha value is -3.40. The third kappa shape index (κ3) is 11.4. The van der Waals surface area contributed by atoms with E-state index in [9.17, 15) is 24.9 Å². The van der Waals surface area contributed by atoms with Gasteiger partial charge in [0, 0.05) is 44.2 Å². The number of aliphatic hydroxyl groups is 3. The van der Waals surface area contributed by atoms with Gasteiger partial charge in [0.25, 0.3) is 0 Å². The number of unbranched alkanes of at least 4 members (excludes halogenated alkanes) is 2. The minimum atomic E-state index is -1.53. The van der Waals surface area contributed by atoms with E-state index in [1.807, 2.05) is 33.8 Å². The number of hydrogen-bond donors (Lipinski definition) is 4. The molecule has 2 amide bonds. The lowest BCUT2D eigenvalue weighted by atomic mass is 9.55.